The lowest BCUT2D eigenvalue weighted by Gasteiger charge is -2.05. The fourth-order valence-corrected chi connectivity index (χ4v) is 1.61. The molecule has 0 saturated heterocycles. The Hall–Kier alpha value is -2.30. The van der Waals surface area contributed by atoms with E-state index in [4.69, 9.17) is 4.52 Å². The third kappa shape index (κ3) is 4.13. The van der Waals surface area contributed by atoms with Gasteiger partial charge in [0, 0.05) is 24.7 Å². The number of aryl methyl sites for hydroxylation is 2. The number of hydrogen-bond acceptors (Lipinski definition) is 4. The molecule has 0 unspecified atom stereocenters. The Morgan fingerprint density at radius 2 is 2.00 bits per heavy atom. The van der Waals surface area contributed by atoms with Crippen molar-refractivity contribution in [2.24, 2.45) is 0 Å². The summed E-state index contributed by atoms with van der Waals surface area (Å²) in [4.78, 5) is 11.7. The molecule has 1 aromatic heterocycles. The predicted octanol–water partition coefficient (Wildman–Crippen LogP) is 2.73. The molecule has 1 heterocycles. The van der Waals surface area contributed by atoms with Gasteiger partial charge >= 0.3 is 0 Å². The van der Waals surface area contributed by atoms with Crippen LogP contribution in [0.15, 0.2) is 34.9 Å². The van der Waals surface area contributed by atoms with Gasteiger partial charge in [0.15, 0.2) is 5.82 Å². The first-order chi connectivity index (χ1) is 9.13. The molecule has 2 N–H and O–H groups in total. The zero-order valence-corrected chi connectivity index (χ0v) is 11.1. The van der Waals surface area contributed by atoms with Crippen LogP contribution in [0.2, 0.25) is 0 Å². The first-order valence-corrected chi connectivity index (χ1v) is 6.17. The molecule has 0 saturated carbocycles. The van der Waals surface area contributed by atoms with E-state index < -0.39 is 0 Å². The number of benzene rings is 1. The minimum Gasteiger partial charge on any atom is -0.367 e. The van der Waals surface area contributed by atoms with Crippen molar-refractivity contribution < 1.29 is 9.32 Å². The highest BCUT2D eigenvalue weighted by molar-refractivity contribution is 5.90. The van der Waals surface area contributed by atoms with Crippen molar-refractivity contribution in [3.63, 3.8) is 0 Å². The molecule has 0 aliphatic rings. The molecule has 0 atom stereocenters. The quantitative estimate of drug-likeness (QED) is 0.866. The lowest BCUT2D eigenvalue weighted by atomic mass is 10.2. The van der Waals surface area contributed by atoms with Gasteiger partial charge in [0.1, 0.15) is 5.76 Å². The van der Waals surface area contributed by atoms with Crippen molar-refractivity contribution in [3.05, 3.63) is 41.7 Å². The third-order valence-electron chi connectivity index (χ3n) is 2.62. The molecule has 19 heavy (non-hydrogen) atoms. The summed E-state index contributed by atoms with van der Waals surface area (Å²) in [6.07, 6.45) is 0.375. The first kappa shape index (κ1) is 13.1. The Labute approximate surface area is 112 Å². The van der Waals surface area contributed by atoms with Gasteiger partial charge in [-0.05, 0) is 26.0 Å². The number of hydrogen-bond donors (Lipinski definition) is 2. The molecule has 1 aromatic carbocycles. The second-order valence-corrected chi connectivity index (χ2v) is 4.41. The number of carbonyl (C=O) groups excluding carboxylic acids is 1. The van der Waals surface area contributed by atoms with Gasteiger partial charge < -0.3 is 15.2 Å². The second-order valence-electron chi connectivity index (χ2n) is 4.41. The molecule has 0 aliphatic carbocycles. The molecule has 5 heteroatoms. The summed E-state index contributed by atoms with van der Waals surface area (Å²) >= 11 is 0. The standard InChI is InChI=1S/C14H17N3O2/c1-10-3-5-12(6-4-10)16-14(18)7-8-15-13-9-11(2)19-17-13/h3-6,9H,7-8H2,1-2H3,(H,15,17)(H,16,18). The van der Waals surface area contributed by atoms with Crippen molar-refractivity contribution >= 4 is 17.4 Å². The van der Waals surface area contributed by atoms with Gasteiger partial charge in [-0.3, -0.25) is 4.79 Å². The van der Waals surface area contributed by atoms with Crippen molar-refractivity contribution in [2.45, 2.75) is 20.3 Å². The highest BCUT2D eigenvalue weighted by atomic mass is 16.5. The maximum atomic E-state index is 11.7. The number of nitrogens with zero attached hydrogens (tertiary/aromatic N) is 1. The van der Waals surface area contributed by atoms with Crippen LogP contribution in [0.3, 0.4) is 0 Å². The van der Waals surface area contributed by atoms with Crippen LogP contribution in [0.5, 0.6) is 0 Å². The van der Waals surface area contributed by atoms with E-state index in [-0.39, 0.29) is 5.91 Å². The minimum atomic E-state index is -0.0310. The molecule has 0 radical (unpaired) electrons. The first-order valence-electron chi connectivity index (χ1n) is 6.17. The van der Waals surface area contributed by atoms with E-state index in [1.807, 2.05) is 38.1 Å². The van der Waals surface area contributed by atoms with E-state index in [9.17, 15) is 4.79 Å². The number of rotatable bonds is 5. The van der Waals surface area contributed by atoms with Gasteiger partial charge in [0.05, 0.1) is 0 Å². The smallest absolute Gasteiger partial charge is 0.226 e. The summed E-state index contributed by atoms with van der Waals surface area (Å²) < 4.78 is 4.92. The molecule has 0 spiro atoms. The van der Waals surface area contributed by atoms with Gasteiger partial charge in [0.25, 0.3) is 0 Å². The molecular formula is C14H17N3O2. The molecule has 0 bridgehead atoms. The van der Waals surface area contributed by atoms with Crippen LogP contribution in [0.1, 0.15) is 17.7 Å². The largest absolute Gasteiger partial charge is 0.367 e. The number of carbonyl (C=O) groups is 1. The summed E-state index contributed by atoms with van der Waals surface area (Å²) in [5, 5.41) is 9.65. The van der Waals surface area contributed by atoms with Crippen LogP contribution in [0.4, 0.5) is 11.5 Å². The molecule has 0 fully saturated rings. The molecule has 0 aliphatic heterocycles. The maximum Gasteiger partial charge on any atom is 0.226 e. The van der Waals surface area contributed by atoms with E-state index in [0.29, 0.717) is 18.8 Å². The number of nitrogens with one attached hydrogen (secondary N) is 2. The van der Waals surface area contributed by atoms with Crippen LogP contribution in [-0.4, -0.2) is 17.6 Å². The number of aromatic nitrogens is 1. The Morgan fingerprint density at radius 3 is 2.63 bits per heavy atom. The van der Waals surface area contributed by atoms with Crippen molar-refractivity contribution in [3.8, 4) is 0 Å². The molecule has 100 valence electrons. The zero-order chi connectivity index (χ0) is 13.7. The predicted molar refractivity (Wildman–Crippen MR) is 74.2 cm³/mol. The zero-order valence-electron chi connectivity index (χ0n) is 11.1. The van der Waals surface area contributed by atoms with Crippen LogP contribution < -0.4 is 10.6 Å². The lowest BCUT2D eigenvalue weighted by Crippen LogP contribution is -2.16. The highest BCUT2D eigenvalue weighted by Gasteiger charge is 2.03. The average molecular weight is 259 g/mol. The van der Waals surface area contributed by atoms with Gasteiger partial charge in [-0.25, -0.2) is 0 Å². The number of amides is 1. The van der Waals surface area contributed by atoms with Gasteiger partial charge in [-0.15, -0.1) is 0 Å². The van der Waals surface area contributed by atoms with E-state index in [2.05, 4.69) is 15.8 Å². The van der Waals surface area contributed by atoms with Gasteiger partial charge in [0.2, 0.25) is 5.91 Å². The Morgan fingerprint density at radius 1 is 1.26 bits per heavy atom. The molecule has 2 aromatic rings. The maximum absolute atomic E-state index is 11.7. The summed E-state index contributed by atoms with van der Waals surface area (Å²) in [7, 11) is 0. The van der Waals surface area contributed by atoms with Gasteiger partial charge in [-0.2, -0.15) is 0 Å². The van der Waals surface area contributed by atoms with E-state index in [1.165, 1.54) is 5.56 Å². The van der Waals surface area contributed by atoms with E-state index in [0.717, 1.165) is 11.4 Å². The van der Waals surface area contributed by atoms with Crippen LogP contribution in [0, 0.1) is 13.8 Å². The average Bonchev–Trinajstić information content (AvgIpc) is 2.78. The second kappa shape index (κ2) is 6.04. The summed E-state index contributed by atoms with van der Waals surface area (Å²) in [6.45, 7) is 4.35. The third-order valence-corrected chi connectivity index (χ3v) is 2.62. The van der Waals surface area contributed by atoms with E-state index in [1.54, 1.807) is 6.07 Å². The molecule has 5 nitrogen and oxygen atoms in total. The van der Waals surface area contributed by atoms with E-state index >= 15 is 0 Å². The van der Waals surface area contributed by atoms with Crippen molar-refractivity contribution in [1.29, 1.82) is 0 Å². The Bertz CT molecular complexity index is 546. The van der Waals surface area contributed by atoms with Crippen LogP contribution >= 0.6 is 0 Å². The Balaban J connectivity index is 1.74. The summed E-state index contributed by atoms with van der Waals surface area (Å²) in [5.74, 6) is 1.36. The molecule has 2 rings (SSSR count). The van der Waals surface area contributed by atoms with Gasteiger partial charge in [-0.1, -0.05) is 22.9 Å². The summed E-state index contributed by atoms with van der Waals surface area (Å²) in [6, 6.07) is 9.50. The SMILES string of the molecule is Cc1ccc(NC(=O)CCNc2cc(C)on2)cc1. The highest BCUT2D eigenvalue weighted by Crippen LogP contribution is 2.09. The van der Waals surface area contributed by atoms with Crippen LogP contribution in [-0.2, 0) is 4.79 Å². The lowest BCUT2D eigenvalue weighted by molar-refractivity contribution is -0.115. The van der Waals surface area contributed by atoms with Crippen molar-refractivity contribution in [1.82, 2.24) is 5.16 Å². The van der Waals surface area contributed by atoms with Crippen molar-refractivity contribution in [2.75, 3.05) is 17.2 Å². The van der Waals surface area contributed by atoms with Crippen LogP contribution in [0.25, 0.3) is 0 Å². The number of anilines is 2. The fourth-order valence-electron chi connectivity index (χ4n) is 1.61. The topological polar surface area (TPSA) is 67.2 Å². The normalized spacial score (nSPS) is 10.2. The fraction of sp³-hybridized carbons (Fsp3) is 0.286. The summed E-state index contributed by atoms with van der Waals surface area (Å²) in [5.41, 5.74) is 1.98. The molecular weight excluding hydrogens is 242 g/mol. The minimum absolute atomic E-state index is 0.0310. The Kier molecular flexibility index (Phi) is 4.18. The molecule has 1 amide bonds. The monoisotopic (exact) mass is 259 g/mol.